The van der Waals surface area contributed by atoms with Crippen LogP contribution in [-0.4, -0.2) is 9.97 Å². The average Bonchev–Trinajstić information content (AvgIpc) is 3.36. The molecule has 0 amide bonds. The summed E-state index contributed by atoms with van der Waals surface area (Å²) in [5, 5.41) is 4.84. The van der Waals surface area contributed by atoms with Crippen molar-refractivity contribution in [2.45, 2.75) is 19.4 Å². The third-order valence-electron chi connectivity index (χ3n) is 4.46. The molecule has 4 nitrogen and oxygen atoms in total. The quantitative estimate of drug-likeness (QED) is 0.529. The molecule has 0 saturated heterocycles. The second-order valence-electron chi connectivity index (χ2n) is 6.40. The number of nitrogens with zero attached hydrogens (tertiary/aromatic N) is 1. The molecule has 0 spiro atoms. The number of nitrogens with one attached hydrogen (secondary N) is 3. The summed E-state index contributed by atoms with van der Waals surface area (Å²) in [7, 11) is 0. The summed E-state index contributed by atoms with van der Waals surface area (Å²) in [6.07, 6.45) is 2.44. The fourth-order valence-electron chi connectivity index (χ4n) is 2.87. The first-order valence-electron chi connectivity index (χ1n) is 8.13. The smallest absolute Gasteiger partial charge is 0.695 e. The van der Waals surface area contributed by atoms with Crippen LogP contribution in [0.5, 0.6) is 0 Å². The van der Waals surface area contributed by atoms with Gasteiger partial charge >= 0.3 is 29.6 Å². The molecule has 26 heavy (non-hydrogen) atoms. The van der Waals surface area contributed by atoms with Gasteiger partial charge in [-0.05, 0) is 43.0 Å². The van der Waals surface area contributed by atoms with Crippen LogP contribution in [-0.2, 0) is 6.54 Å². The first-order chi connectivity index (χ1) is 12.0. The molecule has 7 heteroatoms. The van der Waals surface area contributed by atoms with Crippen LogP contribution in [0.25, 0.3) is 27.9 Å². The predicted octanol–water partition coefficient (Wildman–Crippen LogP) is 2.72. The van der Waals surface area contributed by atoms with Gasteiger partial charge in [0.05, 0.1) is 17.3 Å². The molecule has 3 aromatic rings. The molecule has 1 aliphatic carbocycles. The largest absolute Gasteiger partial charge is 1.00 e. The molecule has 0 bridgehead atoms. The minimum Gasteiger partial charge on any atom is -0.695 e. The molecule has 0 unspecified atom stereocenters. The van der Waals surface area contributed by atoms with Crippen LogP contribution in [0, 0.1) is 11.9 Å². The van der Waals surface area contributed by atoms with Crippen molar-refractivity contribution in [1.29, 1.82) is 0 Å². The number of H-pyrrole nitrogens is 1. The zero-order valence-electron chi connectivity index (χ0n) is 14.5. The monoisotopic (exact) mass is 378 g/mol. The molecule has 1 saturated carbocycles. The standard InChI is InChI=1S/C19H17ClFN4.Na/c1-10(11-2-3-11)23-9-13-6-12-7-15(20)14(8-18(12)24-13)17-5-4-16(22)19(21)25-17;/h4-8,11,22-24H,1-3,9H2;/q-1;+1. The van der Waals surface area contributed by atoms with E-state index in [0.717, 1.165) is 22.3 Å². The normalized spacial score (nSPS) is 13.5. The zero-order valence-corrected chi connectivity index (χ0v) is 17.3. The summed E-state index contributed by atoms with van der Waals surface area (Å²) in [6, 6.07) is 8.73. The van der Waals surface area contributed by atoms with Crippen molar-refractivity contribution in [3.05, 3.63) is 65.0 Å². The number of halogens is 2. The SMILES string of the molecule is C=C(NCc1cc2cc(Cl)c(-c3ccc([NH-])c(F)n3)cc2[nH]1)C1CC1.[Na+]. The first kappa shape index (κ1) is 19.2. The third-order valence-corrected chi connectivity index (χ3v) is 4.78. The van der Waals surface area contributed by atoms with E-state index in [-0.39, 0.29) is 35.2 Å². The summed E-state index contributed by atoms with van der Waals surface area (Å²) in [5.74, 6) is -0.185. The fraction of sp³-hybridized carbons (Fsp3) is 0.211. The van der Waals surface area contributed by atoms with Crippen molar-refractivity contribution in [2.24, 2.45) is 5.92 Å². The summed E-state index contributed by atoms with van der Waals surface area (Å²) in [6.45, 7) is 4.74. The number of fused-ring (bicyclic) bond motifs is 1. The Morgan fingerprint density at radius 2 is 2.12 bits per heavy atom. The maximum Gasteiger partial charge on any atom is 1.00 e. The van der Waals surface area contributed by atoms with E-state index in [9.17, 15) is 4.39 Å². The van der Waals surface area contributed by atoms with Gasteiger partial charge in [0.2, 0.25) is 0 Å². The molecule has 2 aromatic heterocycles. The number of rotatable bonds is 5. The number of benzene rings is 1. The summed E-state index contributed by atoms with van der Waals surface area (Å²) < 4.78 is 13.6. The molecular formula is C19H17ClFN4Na. The average molecular weight is 379 g/mol. The van der Waals surface area contributed by atoms with Crippen LogP contribution in [0.4, 0.5) is 10.1 Å². The van der Waals surface area contributed by atoms with Gasteiger partial charge < -0.3 is 16.0 Å². The van der Waals surface area contributed by atoms with E-state index in [2.05, 4.69) is 21.9 Å². The Bertz CT molecular complexity index is 981. The molecule has 0 radical (unpaired) electrons. The maximum absolute atomic E-state index is 13.6. The van der Waals surface area contributed by atoms with Crippen molar-refractivity contribution < 1.29 is 33.9 Å². The molecule has 2 heterocycles. The van der Waals surface area contributed by atoms with Crippen molar-refractivity contribution >= 4 is 28.2 Å². The van der Waals surface area contributed by atoms with Crippen molar-refractivity contribution in [1.82, 2.24) is 15.3 Å². The van der Waals surface area contributed by atoms with Gasteiger partial charge in [0.1, 0.15) is 0 Å². The molecule has 1 aromatic carbocycles. The fourth-order valence-corrected chi connectivity index (χ4v) is 3.14. The summed E-state index contributed by atoms with van der Waals surface area (Å²) in [4.78, 5) is 7.18. The van der Waals surface area contributed by atoms with Gasteiger partial charge in [0.15, 0.2) is 5.95 Å². The number of pyridine rings is 1. The van der Waals surface area contributed by atoms with E-state index in [1.54, 1.807) is 6.07 Å². The minimum atomic E-state index is -0.802. The Hall–Kier alpha value is -1.53. The molecule has 1 aliphatic rings. The Morgan fingerprint density at radius 3 is 2.81 bits per heavy atom. The molecule has 4 rings (SSSR count). The van der Waals surface area contributed by atoms with Gasteiger partial charge in [-0.2, -0.15) is 4.39 Å². The van der Waals surface area contributed by atoms with E-state index in [0.29, 0.717) is 28.7 Å². The second-order valence-corrected chi connectivity index (χ2v) is 6.81. The maximum atomic E-state index is 13.6. The number of hydrogen-bond acceptors (Lipinski definition) is 2. The van der Waals surface area contributed by atoms with Crippen LogP contribution < -0.4 is 34.9 Å². The molecule has 1 fully saturated rings. The van der Waals surface area contributed by atoms with Crippen molar-refractivity contribution in [3.63, 3.8) is 0 Å². The van der Waals surface area contributed by atoms with Gasteiger partial charge in [0, 0.05) is 27.9 Å². The molecule has 128 valence electrons. The van der Waals surface area contributed by atoms with Gasteiger partial charge in [-0.3, -0.25) is 0 Å². The van der Waals surface area contributed by atoms with Crippen molar-refractivity contribution in [3.8, 4) is 11.3 Å². The Morgan fingerprint density at radius 1 is 1.35 bits per heavy atom. The van der Waals surface area contributed by atoms with Gasteiger partial charge in [0.25, 0.3) is 0 Å². The van der Waals surface area contributed by atoms with Crippen LogP contribution in [0.15, 0.2) is 42.6 Å². The van der Waals surface area contributed by atoms with Crippen LogP contribution in [0.3, 0.4) is 0 Å². The van der Waals surface area contributed by atoms with Gasteiger partial charge in [-0.1, -0.05) is 29.9 Å². The van der Waals surface area contributed by atoms with E-state index in [1.165, 1.54) is 18.9 Å². The molecule has 3 N–H and O–H groups in total. The second kappa shape index (κ2) is 7.61. The van der Waals surface area contributed by atoms with E-state index in [4.69, 9.17) is 17.3 Å². The van der Waals surface area contributed by atoms with E-state index in [1.807, 2.05) is 18.2 Å². The topological polar surface area (TPSA) is 64.5 Å². The van der Waals surface area contributed by atoms with Crippen LogP contribution >= 0.6 is 11.6 Å². The Balaban J connectivity index is 0.00000196. The van der Waals surface area contributed by atoms with E-state index >= 15 is 0 Å². The zero-order chi connectivity index (χ0) is 17.6. The van der Waals surface area contributed by atoms with Crippen LogP contribution in [0.2, 0.25) is 5.02 Å². The number of allylic oxidation sites excluding steroid dienone is 1. The first-order valence-corrected chi connectivity index (χ1v) is 8.51. The molecule has 0 aliphatic heterocycles. The molecular weight excluding hydrogens is 362 g/mol. The van der Waals surface area contributed by atoms with E-state index < -0.39 is 5.95 Å². The number of aromatic nitrogens is 2. The minimum absolute atomic E-state index is 0. The Labute approximate surface area is 178 Å². The van der Waals surface area contributed by atoms with Crippen LogP contribution in [0.1, 0.15) is 18.5 Å². The molecule has 0 atom stereocenters. The number of aromatic amines is 1. The van der Waals surface area contributed by atoms with Crippen molar-refractivity contribution in [2.75, 3.05) is 0 Å². The van der Waals surface area contributed by atoms with Gasteiger partial charge in [-0.15, -0.1) is 0 Å². The summed E-state index contributed by atoms with van der Waals surface area (Å²) in [5.41, 5.74) is 11.2. The van der Waals surface area contributed by atoms with Gasteiger partial charge in [-0.25, -0.2) is 4.98 Å². The Kier molecular flexibility index (Phi) is 5.63. The summed E-state index contributed by atoms with van der Waals surface area (Å²) >= 11 is 6.36. The third kappa shape index (κ3) is 3.91. The number of hydrogen-bond donors (Lipinski definition) is 2. The predicted molar refractivity (Wildman–Crippen MR) is 99.2 cm³/mol.